The molecule has 0 saturated carbocycles. The summed E-state index contributed by atoms with van der Waals surface area (Å²) in [4.78, 5) is 6.78. The van der Waals surface area contributed by atoms with Gasteiger partial charge in [-0.2, -0.15) is 0 Å². The highest BCUT2D eigenvalue weighted by Gasteiger charge is 2.18. The number of nitrogens with zero attached hydrogens (tertiary/aromatic N) is 2. The summed E-state index contributed by atoms with van der Waals surface area (Å²) in [5.74, 6) is 1.34. The third-order valence-corrected chi connectivity index (χ3v) is 4.43. The molecule has 1 atom stereocenters. The van der Waals surface area contributed by atoms with E-state index in [0.29, 0.717) is 5.92 Å². The second-order valence-corrected chi connectivity index (χ2v) is 6.16. The van der Waals surface area contributed by atoms with Crippen LogP contribution in [0, 0.1) is 11.7 Å². The minimum Gasteiger partial charge on any atom is -0.356 e. The lowest BCUT2D eigenvalue weighted by Gasteiger charge is -2.32. The number of aliphatic imine (C=N–C) groups is 1. The lowest BCUT2D eigenvalue weighted by molar-refractivity contribution is 0.183. The molecule has 1 aliphatic heterocycles. The third kappa shape index (κ3) is 7.34. The zero-order valence-corrected chi connectivity index (χ0v) is 17.1. The molecule has 0 aliphatic carbocycles. The summed E-state index contributed by atoms with van der Waals surface area (Å²) in [5, 5.41) is 6.72. The Labute approximate surface area is 162 Å². The fourth-order valence-corrected chi connectivity index (χ4v) is 3.08. The number of halogens is 2. The maximum atomic E-state index is 13.1. The number of rotatable bonds is 6. The van der Waals surface area contributed by atoms with E-state index in [0.717, 1.165) is 37.6 Å². The zero-order valence-electron chi connectivity index (χ0n) is 14.7. The largest absolute Gasteiger partial charge is 0.356 e. The van der Waals surface area contributed by atoms with Crippen molar-refractivity contribution in [1.82, 2.24) is 15.5 Å². The molecule has 2 rings (SSSR count). The lowest BCUT2D eigenvalue weighted by atomic mass is 9.98. The second-order valence-electron chi connectivity index (χ2n) is 6.16. The summed E-state index contributed by atoms with van der Waals surface area (Å²) in [6, 6.07) is 6.75. The van der Waals surface area contributed by atoms with E-state index in [4.69, 9.17) is 0 Å². The molecule has 1 aromatic rings. The second kappa shape index (κ2) is 11.6. The maximum absolute atomic E-state index is 13.1. The molecule has 24 heavy (non-hydrogen) atoms. The summed E-state index contributed by atoms with van der Waals surface area (Å²) in [6.45, 7) is 7.46. The van der Waals surface area contributed by atoms with Crippen LogP contribution in [0.25, 0.3) is 0 Å². The van der Waals surface area contributed by atoms with Crippen LogP contribution in [0.5, 0.6) is 0 Å². The molecule has 4 nitrogen and oxygen atoms in total. The Kier molecular flexibility index (Phi) is 10.2. The van der Waals surface area contributed by atoms with Gasteiger partial charge in [-0.25, -0.2) is 4.39 Å². The Balaban J connectivity index is 0.00000288. The Bertz CT molecular complexity index is 510. The van der Waals surface area contributed by atoms with E-state index in [1.807, 2.05) is 6.07 Å². The number of guanidine groups is 1. The molecule has 0 aromatic heterocycles. The van der Waals surface area contributed by atoms with Gasteiger partial charge in [-0.1, -0.05) is 19.1 Å². The van der Waals surface area contributed by atoms with Crippen LogP contribution in [0.3, 0.4) is 0 Å². The van der Waals surface area contributed by atoms with Crippen LogP contribution >= 0.6 is 24.0 Å². The first-order chi connectivity index (χ1) is 11.2. The summed E-state index contributed by atoms with van der Waals surface area (Å²) in [6.07, 6.45) is 3.35. The molecule has 1 heterocycles. The quantitative estimate of drug-likeness (QED) is 0.400. The van der Waals surface area contributed by atoms with Crippen molar-refractivity contribution in [3.05, 3.63) is 35.6 Å². The summed E-state index contributed by atoms with van der Waals surface area (Å²) < 4.78 is 13.1. The minimum absolute atomic E-state index is 0. The van der Waals surface area contributed by atoms with Gasteiger partial charge >= 0.3 is 0 Å². The Hall–Kier alpha value is -0.890. The first kappa shape index (κ1) is 21.2. The van der Waals surface area contributed by atoms with E-state index >= 15 is 0 Å². The topological polar surface area (TPSA) is 39.7 Å². The SMILES string of the molecule is CCN1CCCC(CNC(=NC)NCCc2cccc(F)c2)C1.I. The van der Waals surface area contributed by atoms with Gasteiger partial charge in [0, 0.05) is 26.7 Å². The van der Waals surface area contributed by atoms with Crippen LogP contribution < -0.4 is 10.6 Å². The molecule has 0 spiro atoms. The minimum atomic E-state index is -0.178. The number of nitrogens with one attached hydrogen (secondary N) is 2. The molecule has 1 aliphatic rings. The monoisotopic (exact) mass is 448 g/mol. The average Bonchev–Trinajstić information content (AvgIpc) is 2.58. The van der Waals surface area contributed by atoms with Gasteiger partial charge in [0.1, 0.15) is 5.82 Å². The predicted octanol–water partition coefficient (Wildman–Crippen LogP) is 2.88. The standard InChI is InChI=1S/C18H29FN4.HI/c1-3-23-11-5-7-16(14-23)13-22-18(20-2)21-10-9-15-6-4-8-17(19)12-15;/h4,6,8,12,16H,3,5,7,9-11,13-14H2,1-2H3,(H2,20,21,22);1H. The molecule has 2 N–H and O–H groups in total. The van der Waals surface area contributed by atoms with E-state index in [-0.39, 0.29) is 29.8 Å². The molecule has 0 amide bonds. The predicted molar refractivity (Wildman–Crippen MR) is 110 cm³/mol. The maximum Gasteiger partial charge on any atom is 0.190 e. The Morgan fingerprint density at radius 3 is 2.92 bits per heavy atom. The van der Waals surface area contributed by atoms with Crippen molar-refractivity contribution in [2.75, 3.05) is 39.8 Å². The molecule has 136 valence electrons. The first-order valence-corrected chi connectivity index (χ1v) is 8.62. The summed E-state index contributed by atoms with van der Waals surface area (Å²) >= 11 is 0. The van der Waals surface area contributed by atoms with Crippen LogP contribution in [0.1, 0.15) is 25.3 Å². The van der Waals surface area contributed by atoms with Crippen molar-refractivity contribution >= 4 is 29.9 Å². The van der Waals surface area contributed by atoms with Gasteiger partial charge in [-0.05, 0) is 56.0 Å². The van der Waals surface area contributed by atoms with Gasteiger partial charge < -0.3 is 15.5 Å². The van der Waals surface area contributed by atoms with Crippen molar-refractivity contribution in [2.24, 2.45) is 10.9 Å². The van der Waals surface area contributed by atoms with Gasteiger partial charge in [0.05, 0.1) is 0 Å². The highest BCUT2D eigenvalue weighted by atomic mass is 127. The Morgan fingerprint density at radius 1 is 1.38 bits per heavy atom. The normalized spacial score (nSPS) is 18.8. The van der Waals surface area contributed by atoms with Crippen LogP contribution in [-0.2, 0) is 6.42 Å². The average molecular weight is 448 g/mol. The molecule has 1 fully saturated rings. The zero-order chi connectivity index (χ0) is 16.5. The van der Waals surface area contributed by atoms with Crippen molar-refractivity contribution in [1.29, 1.82) is 0 Å². The number of hydrogen-bond acceptors (Lipinski definition) is 2. The third-order valence-electron chi connectivity index (χ3n) is 4.43. The van der Waals surface area contributed by atoms with Gasteiger partial charge in [-0.15, -0.1) is 24.0 Å². The molecule has 0 bridgehead atoms. The number of benzene rings is 1. The molecule has 1 unspecified atom stereocenters. The number of hydrogen-bond donors (Lipinski definition) is 2. The highest BCUT2D eigenvalue weighted by Crippen LogP contribution is 2.15. The summed E-state index contributed by atoms with van der Waals surface area (Å²) in [5.41, 5.74) is 0.999. The van der Waals surface area contributed by atoms with E-state index < -0.39 is 0 Å². The molecule has 1 saturated heterocycles. The van der Waals surface area contributed by atoms with E-state index in [1.165, 1.54) is 32.0 Å². The van der Waals surface area contributed by atoms with Crippen molar-refractivity contribution in [3.63, 3.8) is 0 Å². The van der Waals surface area contributed by atoms with Gasteiger partial charge in [-0.3, -0.25) is 4.99 Å². The molecular weight excluding hydrogens is 418 g/mol. The number of likely N-dealkylation sites (tertiary alicyclic amines) is 1. The van der Waals surface area contributed by atoms with E-state index in [2.05, 4.69) is 27.4 Å². The van der Waals surface area contributed by atoms with Gasteiger partial charge in [0.15, 0.2) is 5.96 Å². The Morgan fingerprint density at radius 2 is 2.21 bits per heavy atom. The van der Waals surface area contributed by atoms with Crippen LogP contribution in [0.15, 0.2) is 29.3 Å². The number of piperidine rings is 1. The van der Waals surface area contributed by atoms with Crippen LogP contribution in [-0.4, -0.2) is 50.6 Å². The lowest BCUT2D eigenvalue weighted by Crippen LogP contribution is -2.44. The summed E-state index contributed by atoms with van der Waals surface area (Å²) in [7, 11) is 1.79. The van der Waals surface area contributed by atoms with Crippen molar-refractivity contribution in [2.45, 2.75) is 26.2 Å². The fraction of sp³-hybridized carbons (Fsp3) is 0.611. The van der Waals surface area contributed by atoms with Crippen LogP contribution in [0.2, 0.25) is 0 Å². The van der Waals surface area contributed by atoms with E-state index in [9.17, 15) is 4.39 Å². The van der Waals surface area contributed by atoms with E-state index in [1.54, 1.807) is 19.2 Å². The molecule has 6 heteroatoms. The fourth-order valence-electron chi connectivity index (χ4n) is 3.08. The smallest absolute Gasteiger partial charge is 0.190 e. The van der Waals surface area contributed by atoms with Crippen molar-refractivity contribution in [3.8, 4) is 0 Å². The molecular formula is C18H30FIN4. The highest BCUT2D eigenvalue weighted by molar-refractivity contribution is 14.0. The van der Waals surface area contributed by atoms with Crippen LogP contribution in [0.4, 0.5) is 4.39 Å². The van der Waals surface area contributed by atoms with Crippen molar-refractivity contribution < 1.29 is 4.39 Å². The van der Waals surface area contributed by atoms with Gasteiger partial charge in [0.2, 0.25) is 0 Å². The van der Waals surface area contributed by atoms with Gasteiger partial charge in [0.25, 0.3) is 0 Å². The molecule has 0 radical (unpaired) electrons. The first-order valence-electron chi connectivity index (χ1n) is 8.62. The molecule has 1 aromatic carbocycles.